The number of fused-ring (bicyclic) bond motifs is 1. The molecule has 2 heterocycles. The van der Waals surface area contributed by atoms with Gasteiger partial charge < -0.3 is 15.0 Å². The Balaban J connectivity index is 1.72. The van der Waals surface area contributed by atoms with Gasteiger partial charge in [0.25, 0.3) is 0 Å². The zero-order valence-electron chi connectivity index (χ0n) is 11.9. The first-order valence-corrected chi connectivity index (χ1v) is 7.28. The molecule has 0 spiro atoms. The molecule has 2 aromatic rings. The van der Waals surface area contributed by atoms with E-state index >= 15 is 0 Å². The highest BCUT2D eigenvalue weighted by Crippen LogP contribution is 2.29. The minimum atomic E-state index is 0.148. The summed E-state index contributed by atoms with van der Waals surface area (Å²) in [5.74, 6) is 0. The lowest BCUT2D eigenvalue weighted by atomic mass is 9.93. The fraction of sp³-hybridized carbons (Fsp3) is 0.533. The number of hydrogen-bond acceptors (Lipinski definition) is 3. The van der Waals surface area contributed by atoms with Crippen molar-refractivity contribution in [1.29, 1.82) is 0 Å². The average Bonchev–Trinajstić information content (AvgIpc) is 3.04. The van der Waals surface area contributed by atoms with Crippen molar-refractivity contribution in [2.75, 3.05) is 6.61 Å². The summed E-state index contributed by atoms with van der Waals surface area (Å²) in [7, 11) is 2.07. The van der Waals surface area contributed by atoms with Crippen molar-refractivity contribution in [3.63, 3.8) is 0 Å². The van der Waals surface area contributed by atoms with Gasteiger partial charge in [0.15, 0.2) is 0 Å². The molecule has 0 amide bonds. The van der Waals surface area contributed by atoms with Crippen LogP contribution in [0.4, 0.5) is 0 Å². The van der Waals surface area contributed by atoms with Crippen molar-refractivity contribution in [1.82, 2.24) is 19.7 Å². The van der Waals surface area contributed by atoms with Gasteiger partial charge in [0.1, 0.15) is 0 Å². The van der Waals surface area contributed by atoms with Gasteiger partial charge in [-0.1, -0.05) is 0 Å². The maximum Gasteiger partial charge on any atom is 0.0644 e. The maximum atomic E-state index is 9.09. The highest BCUT2D eigenvalue weighted by atomic mass is 16.3. The molecule has 0 fully saturated rings. The third-order valence-electron chi connectivity index (χ3n) is 4.16. The lowest BCUT2D eigenvalue weighted by Gasteiger charge is -2.24. The van der Waals surface area contributed by atoms with E-state index in [4.69, 9.17) is 5.11 Å². The Hall–Kier alpha value is -1.59. The smallest absolute Gasteiger partial charge is 0.0644 e. The molecule has 0 radical (unpaired) electrons. The Labute approximate surface area is 119 Å². The molecule has 0 saturated heterocycles. The summed E-state index contributed by atoms with van der Waals surface area (Å²) in [5, 5.41) is 17.1. The molecule has 2 aromatic heterocycles. The predicted molar refractivity (Wildman–Crippen MR) is 77.2 cm³/mol. The van der Waals surface area contributed by atoms with Gasteiger partial charge in [-0.25, -0.2) is 0 Å². The van der Waals surface area contributed by atoms with Crippen LogP contribution < -0.4 is 5.32 Å². The molecule has 0 aromatic carbocycles. The highest BCUT2D eigenvalue weighted by Gasteiger charge is 2.23. The minimum absolute atomic E-state index is 0.148. The molecule has 0 saturated carbocycles. The van der Waals surface area contributed by atoms with Crippen LogP contribution in [-0.2, 0) is 26.6 Å². The molecule has 1 aliphatic rings. The van der Waals surface area contributed by atoms with E-state index in [0.717, 1.165) is 19.4 Å². The predicted octanol–water partition coefficient (Wildman–Crippen LogP) is 1.38. The minimum Gasteiger partial charge on any atom is -0.394 e. The number of aryl methyl sites for hydroxylation is 1. The van der Waals surface area contributed by atoms with Crippen molar-refractivity contribution in [3.05, 3.63) is 41.5 Å². The van der Waals surface area contributed by atoms with E-state index in [2.05, 4.69) is 40.4 Å². The number of rotatable bonds is 5. The van der Waals surface area contributed by atoms with Gasteiger partial charge in [-0.05, 0) is 31.4 Å². The third-order valence-corrected chi connectivity index (χ3v) is 4.16. The van der Waals surface area contributed by atoms with E-state index < -0.39 is 0 Å². The van der Waals surface area contributed by atoms with E-state index in [1.807, 2.05) is 10.9 Å². The highest BCUT2D eigenvalue weighted by molar-refractivity contribution is 5.25. The quantitative estimate of drug-likeness (QED) is 0.866. The summed E-state index contributed by atoms with van der Waals surface area (Å²) >= 11 is 0. The summed E-state index contributed by atoms with van der Waals surface area (Å²) < 4.78 is 4.09. The van der Waals surface area contributed by atoms with Crippen LogP contribution in [0, 0.1) is 0 Å². The lowest BCUT2D eigenvalue weighted by molar-refractivity contribution is 0.266. The molecule has 108 valence electrons. The summed E-state index contributed by atoms with van der Waals surface area (Å²) in [4.78, 5) is 0. The fourth-order valence-corrected chi connectivity index (χ4v) is 3.03. The zero-order chi connectivity index (χ0) is 13.9. The van der Waals surface area contributed by atoms with Crippen molar-refractivity contribution in [2.45, 2.75) is 38.4 Å². The second-order valence-corrected chi connectivity index (χ2v) is 5.43. The van der Waals surface area contributed by atoms with E-state index in [-0.39, 0.29) is 6.61 Å². The number of hydrogen-bond donors (Lipinski definition) is 2. The molecule has 1 atom stereocenters. The van der Waals surface area contributed by atoms with Crippen molar-refractivity contribution in [2.24, 2.45) is 7.05 Å². The molecule has 2 N–H and O–H groups in total. The van der Waals surface area contributed by atoms with Crippen molar-refractivity contribution < 1.29 is 5.11 Å². The molecule has 5 nitrogen and oxygen atoms in total. The second kappa shape index (κ2) is 5.81. The number of nitrogens with zero attached hydrogens (tertiary/aromatic N) is 3. The van der Waals surface area contributed by atoms with E-state index in [1.54, 1.807) is 0 Å². The van der Waals surface area contributed by atoms with Crippen LogP contribution >= 0.6 is 0 Å². The first-order valence-electron chi connectivity index (χ1n) is 7.28. The van der Waals surface area contributed by atoms with Gasteiger partial charge in [-0.3, -0.25) is 4.68 Å². The summed E-state index contributed by atoms with van der Waals surface area (Å²) in [6, 6.07) is 4.59. The summed E-state index contributed by atoms with van der Waals surface area (Å²) in [5.41, 5.74) is 3.88. The van der Waals surface area contributed by atoms with Gasteiger partial charge in [0.05, 0.1) is 19.3 Å². The van der Waals surface area contributed by atoms with E-state index in [1.165, 1.54) is 23.4 Å². The molecule has 0 bridgehead atoms. The number of nitrogens with one attached hydrogen (secondary N) is 1. The zero-order valence-corrected chi connectivity index (χ0v) is 11.9. The van der Waals surface area contributed by atoms with Gasteiger partial charge in [-0.2, -0.15) is 5.10 Å². The molecule has 3 rings (SSSR count). The van der Waals surface area contributed by atoms with Crippen LogP contribution in [0.5, 0.6) is 0 Å². The molecule has 1 unspecified atom stereocenters. The number of aromatic nitrogens is 3. The Bertz CT molecular complexity index is 572. The SMILES string of the molecule is Cn1cccc1CNC1CCCc2c1cnn2CCO. The number of aliphatic hydroxyl groups is 1. The largest absolute Gasteiger partial charge is 0.394 e. The van der Waals surface area contributed by atoms with Crippen LogP contribution in [0.25, 0.3) is 0 Å². The van der Waals surface area contributed by atoms with Gasteiger partial charge in [0, 0.05) is 42.8 Å². The molecular formula is C15H22N4O. The summed E-state index contributed by atoms with van der Waals surface area (Å²) in [6.45, 7) is 1.62. The molecule has 5 heteroatoms. The second-order valence-electron chi connectivity index (χ2n) is 5.43. The molecule has 20 heavy (non-hydrogen) atoms. The Morgan fingerprint density at radius 3 is 3.15 bits per heavy atom. The van der Waals surface area contributed by atoms with E-state index in [0.29, 0.717) is 12.6 Å². The average molecular weight is 274 g/mol. The van der Waals surface area contributed by atoms with Gasteiger partial charge >= 0.3 is 0 Å². The monoisotopic (exact) mass is 274 g/mol. The first-order chi connectivity index (χ1) is 9.79. The van der Waals surface area contributed by atoms with Crippen LogP contribution in [0.1, 0.15) is 35.8 Å². The van der Waals surface area contributed by atoms with Crippen LogP contribution in [0.15, 0.2) is 24.5 Å². The lowest BCUT2D eigenvalue weighted by Crippen LogP contribution is -2.26. The normalized spacial score (nSPS) is 18.2. The van der Waals surface area contributed by atoms with Crippen LogP contribution in [-0.4, -0.2) is 26.1 Å². The van der Waals surface area contributed by atoms with Gasteiger partial charge in [0.2, 0.25) is 0 Å². The van der Waals surface area contributed by atoms with Gasteiger partial charge in [-0.15, -0.1) is 0 Å². The Kier molecular flexibility index (Phi) is 3.89. The van der Waals surface area contributed by atoms with E-state index in [9.17, 15) is 0 Å². The third kappa shape index (κ3) is 2.51. The molecule has 1 aliphatic carbocycles. The van der Waals surface area contributed by atoms with Crippen LogP contribution in [0.2, 0.25) is 0 Å². The number of aliphatic hydroxyl groups excluding tert-OH is 1. The molecule has 0 aliphatic heterocycles. The van der Waals surface area contributed by atoms with Crippen molar-refractivity contribution in [3.8, 4) is 0 Å². The fourth-order valence-electron chi connectivity index (χ4n) is 3.03. The Morgan fingerprint density at radius 2 is 2.40 bits per heavy atom. The first kappa shape index (κ1) is 13.4. The summed E-state index contributed by atoms with van der Waals surface area (Å²) in [6.07, 6.45) is 7.43. The standard InChI is InChI=1S/C15H22N4O/c1-18-7-3-4-12(18)10-16-14-5-2-6-15-13(14)11-17-19(15)8-9-20/h3-4,7,11,14,16,20H,2,5-6,8-10H2,1H3. The van der Waals surface area contributed by atoms with Crippen LogP contribution in [0.3, 0.4) is 0 Å². The maximum absolute atomic E-state index is 9.09. The van der Waals surface area contributed by atoms with Crippen molar-refractivity contribution >= 4 is 0 Å². The molecular weight excluding hydrogens is 252 g/mol. The Morgan fingerprint density at radius 1 is 1.50 bits per heavy atom. The topological polar surface area (TPSA) is 55.0 Å².